The van der Waals surface area contributed by atoms with Gasteiger partial charge in [0.15, 0.2) is 5.76 Å². The molecule has 2 N–H and O–H groups in total. The molecule has 21 heavy (non-hydrogen) atoms. The summed E-state index contributed by atoms with van der Waals surface area (Å²) in [5.41, 5.74) is 0.514. The van der Waals surface area contributed by atoms with Gasteiger partial charge in [-0.05, 0) is 25.1 Å². The maximum atomic E-state index is 12.0. The second-order valence-electron chi connectivity index (χ2n) is 4.25. The SMILES string of the molecule is COc1ccc(NC(=O)C(C)NC(=O)c2ccco2)cn1. The van der Waals surface area contributed by atoms with Crippen molar-refractivity contribution in [2.24, 2.45) is 0 Å². The normalized spacial score (nSPS) is 11.5. The van der Waals surface area contributed by atoms with Crippen molar-refractivity contribution in [2.45, 2.75) is 13.0 Å². The van der Waals surface area contributed by atoms with Gasteiger partial charge in [0.2, 0.25) is 11.8 Å². The Balaban J connectivity index is 1.91. The third-order valence-corrected chi connectivity index (χ3v) is 2.70. The van der Waals surface area contributed by atoms with Gasteiger partial charge in [-0.1, -0.05) is 0 Å². The first-order chi connectivity index (χ1) is 10.1. The first kappa shape index (κ1) is 14.6. The van der Waals surface area contributed by atoms with Crippen LogP contribution in [0.25, 0.3) is 0 Å². The van der Waals surface area contributed by atoms with Crippen molar-refractivity contribution in [3.63, 3.8) is 0 Å². The summed E-state index contributed by atoms with van der Waals surface area (Å²) in [6, 6.07) is 5.69. The minimum atomic E-state index is -0.718. The van der Waals surface area contributed by atoms with Gasteiger partial charge >= 0.3 is 0 Å². The molecule has 0 aliphatic rings. The van der Waals surface area contributed by atoms with Crippen molar-refractivity contribution >= 4 is 17.5 Å². The van der Waals surface area contributed by atoms with E-state index in [2.05, 4.69) is 15.6 Å². The highest BCUT2D eigenvalue weighted by Crippen LogP contribution is 2.11. The van der Waals surface area contributed by atoms with E-state index in [1.54, 1.807) is 25.1 Å². The van der Waals surface area contributed by atoms with Crippen LogP contribution in [0.2, 0.25) is 0 Å². The van der Waals surface area contributed by atoms with Crippen LogP contribution in [0.4, 0.5) is 5.69 Å². The highest BCUT2D eigenvalue weighted by Gasteiger charge is 2.18. The Kier molecular flexibility index (Phi) is 4.55. The second-order valence-corrected chi connectivity index (χ2v) is 4.25. The molecular weight excluding hydrogens is 274 g/mol. The van der Waals surface area contributed by atoms with Crippen LogP contribution in [0.1, 0.15) is 17.5 Å². The van der Waals surface area contributed by atoms with Crippen molar-refractivity contribution in [2.75, 3.05) is 12.4 Å². The topological polar surface area (TPSA) is 93.5 Å². The van der Waals surface area contributed by atoms with Gasteiger partial charge in [-0.25, -0.2) is 4.98 Å². The minimum absolute atomic E-state index is 0.153. The standard InChI is InChI=1S/C14H15N3O4/c1-9(16-14(19)11-4-3-7-21-11)13(18)17-10-5-6-12(20-2)15-8-10/h3-9H,1-2H3,(H,16,19)(H,17,18). The molecule has 0 bridgehead atoms. The van der Waals surface area contributed by atoms with Gasteiger partial charge in [0, 0.05) is 6.07 Å². The number of hydrogen-bond donors (Lipinski definition) is 2. The van der Waals surface area contributed by atoms with Gasteiger partial charge in [0.05, 0.1) is 25.3 Å². The molecule has 2 amide bonds. The summed E-state index contributed by atoms with van der Waals surface area (Å²) in [7, 11) is 1.51. The molecule has 110 valence electrons. The maximum Gasteiger partial charge on any atom is 0.287 e. The Hall–Kier alpha value is -2.83. The Morgan fingerprint density at radius 2 is 2.14 bits per heavy atom. The third-order valence-electron chi connectivity index (χ3n) is 2.70. The molecule has 2 rings (SSSR count). The average molecular weight is 289 g/mol. The van der Waals surface area contributed by atoms with E-state index in [4.69, 9.17) is 9.15 Å². The summed E-state index contributed by atoms with van der Waals surface area (Å²) < 4.78 is 9.88. The second kappa shape index (κ2) is 6.56. The van der Waals surface area contributed by atoms with Crippen LogP contribution in [0.3, 0.4) is 0 Å². The number of methoxy groups -OCH3 is 1. The molecule has 0 radical (unpaired) electrons. The van der Waals surface area contributed by atoms with Gasteiger partial charge in [-0.15, -0.1) is 0 Å². The molecule has 0 saturated heterocycles. The smallest absolute Gasteiger partial charge is 0.287 e. The Morgan fingerprint density at radius 3 is 2.71 bits per heavy atom. The van der Waals surface area contributed by atoms with Crippen LogP contribution < -0.4 is 15.4 Å². The van der Waals surface area contributed by atoms with Gasteiger partial charge in [0.1, 0.15) is 6.04 Å². The first-order valence-electron chi connectivity index (χ1n) is 6.25. The molecule has 0 saturated carbocycles. The molecule has 0 aliphatic carbocycles. The Labute approximate surface area is 121 Å². The average Bonchev–Trinajstić information content (AvgIpc) is 3.02. The zero-order chi connectivity index (χ0) is 15.2. The van der Waals surface area contributed by atoms with E-state index in [1.165, 1.54) is 25.6 Å². The lowest BCUT2D eigenvalue weighted by molar-refractivity contribution is -0.117. The minimum Gasteiger partial charge on any atom is -0.481 e. The molecule has 7 heteroatoms. The van der Waals surface area contributed by atoms with E-state index in [9.17, 15) is 9.59 Å². The lowest BCUT2D eigenvalue weighted by Gasteiger charge is -2.13. The number of pyridine rings is 1. The quantitative estimate of drug-likeness (QED) is 0.868. The van der Waals surface area contributed by atoms with Crippen LogP contribution in [0.15, 0.2) is 41.1 Å². The molecule has 1 unspecified atom stereocenters. The number of hydrogen-bond acceptors (Lipinski definition) is 5. The zero-order valence-corrected chi connectivity index (χ0v) is 11.6. The largest absolute Gasteiger partial charge is 0.481 e. The molecule has 0 fully saturated rings. The fourth-order valence-electron chi connectivity index (χ4n) is 1.57. The van der Waals surface area contributed by atoms with Crippen LogP contribution in [0, 0.1) is 0 Å². The van der Waals surface area contributed by atoms with Gasteiger partial charge in [0.25, 0.3) is 5.91 Å². The Bertz CT molecular complexity index is 608. The number of ether oxygens (including phenoxy) is 1. The summed E-state index contributed by atoms with van der Waals surface area (Å²) in [6.07, 6.45) is 2.86. The number of furan rings is 1. The number of carbonyl (C=O) groups excluding carboxylic acids is 2. The van der Waals surface area contributed by atoms with Crippen LogP contribution in [-0.4, -0.2) is 29.9 Å². The number of nitrogens with zero attached hydrogens (tertiary/aromatic N) is 1. The molecule has 0 aliphatic heterocycles. The lowest BCUT2D eigenvalue weighted by Crippen LogP contribution is -2.41. The highest BCUT2D eigenvalue weighted by atomic mass is 16.5. The zero-order valence-electron chi connectivity index (χ0n) is 11.6. The maximum absolute atomic E-state index is 12.0. The van der Waals surface area contributed by atoms with E-state index < -0.39 is 11.9 Å². The lowest BCUT2D eigenvalue weighted by atomic mass is 10.3. The van der Waals surface area contributed by atoms with Gasteiger partial charge in [-0.2, -0.15) is 0 Å². The van der Waals surface area contributed by atoms with E-state index >= 15 is 0 Å². The molecule has 0 spiro atoms. The molecule has 2 aromatic heterocycles. The van der Waals surface area contributed by atoms with Crippen molar-refractivity contribution in [1.82, 2.24) is 10.3 Å². The molecule has 2 heterocycles. The van der Waals surface area contributed by atoms with Crippen LogP contribution in [0.5, 0.6) is 5.88 Å². The molecule has 1 atom stereocenters. The molecular formula is C14H15N3O4. The third kappa shape index (κ3) is 3.82. The summed E-state index contributed by atoms with van der Waals surface area (Å²) in [5, 5.41) is 5.18. The van der Waals surface area contributed by atoms with E-state index in [-0.39, 0.29) is 11.7 Å². The predicted octanol–water partition coefficient (Wildman–Crippen LogP) is 1.44. The summed E-state index contributed by atoms with van der Waals surface area (Å²) in [5.74, 6) is -0.203. The molecule has 7 nitrogen and oxygen atoms in total. The summed E-state index contributed by atoms with van der Waals surface area (Å²) >= 11 is 0. The number of carbonyl (C=O) groups is 2. The molecule has 0 aromatic carbocycles. The van der Waals surface area contributed by atoms with Crippen LogP contribution in [-0.2, 0) is 4.79 Å². The number of nitrogens with one attached hydrogen (secondary N) is 2. The van der Waals surface area contributed by atoms with Crippen molar-refractivity contribution in [3.8, 4) is 5.88 Å². The summed E-state index contributed by atoms with van der Waals surface area (Å²) in [4.78, 5) is 27.7. The fraction of sp³-hybridized carbons (Fsp3) is 0.214. The van der Waals surface area contributed by atoms with Crippen molar-refractivity contribution < 1.29 is 18.7 Å². The monoisotopic (exact) mass is 289 g/mol. The van der Waals surface area contributed by atoms with Gasteiger partial charge in [-0.3, -0.25) is 9.59 Å². The number of anilines is 1. The fourth-order valence-corrected chi connectivity index (χ4v) is 1.57. The summed E-state index contributed by atoms with van der Waals surface area (Å²) in [6.45, 7) is 1.58. The number of rotatable bonds is 5. The van der Waals surface area contributed by atoms with E-state index in [0.717, 1.165) is 0 Å². The van der Waals surface area contributed by atoms with E-state index in [1.807, 2.05) is 0 Å². The highest BCUT2D eigenvalue weighted by molar-refractivity contribution is 5.99. The Morgan fingerprint density at radius 1 is 1.33 bits per heavy atom. The van der Waals surface area contributed by atoms with Crippen molar-refractivity contribution in [1.29, 1.82) is 0 Å². The van der Waals surface area contributed by atoms with Gasteiger partial charge < -0.3 is 19.8 Å². The van der Waals surface area contributed by atoms with Crippen LogP contribution >= 0.6 is 0 Å². The number of aromatic nitrogens is 1. The number of amides is 2. The van der Waals surface area contributed by atoms with Crippen molar-refractivity contribution in [3.05, 3.63) is 42.5 Å². The first-order valence-corrected chi connectivity index (χ1v) is 6.25. The van der Waals surface area contributed by atoms with E-state index in [0.29, 0.717) is 11.6 Å². The molecule has 2 aromatic rings. The predicted molar refractivity (Wildman–Crippen MR) is 75.1 cm³/mol.